The summed E-state index contributed by atoms with van der Waals surface area (Å²) in [5, 5.41) is 11.8. The normalized spacial score (nSPS) is 14.2. The number of rotatable bonds is 13. The predicted molar refractivity (Wildman–Crippen MR) is 166 cm³/mol. The minimum atomic E-state index is -0.584. The second-order valence-electron chi connectivity index (χ2n) is 10.0. The van der Waals surface area contributed by atoms with Crippen LogP contribution in [0.1, 0.15) is 57.7 Å². The quantitative estimate of drug-likeness (QED) is 0.193. The molecule has 2 aromatic carbocycles. The molecular weight excluding hydrogens is 552 g/mol. The number of aryl methyl sites for hydroxylation is 1. The summed E-state index contributed by atoms with van der Waals surface area (Å²) in [6.07, 6.45) is 2.14. The average molecular weight is 593 g/mol. The number of thioether (sulfide) groups is 1. The number of ether oxygens (including phenoxy) is 2. The number of nitrogens with one attached hydrogen (secondary N) is 2. The zero-order valence-corrected chi connectivity index (χ0v) is 26.0. The summed E-state index contributed by atoms with van der Waals surface area (Å²) in [6.45, 7) is 11.0. The van der Waals surface area contributed by atoms with Gasteiger partial charge in [-0.25, -0.2) is 4.68 Å². The molecule has 10 nitrogen and oxygen atoms in total. The second kappa shape index (κ2) is 14.3. The van der Waals surface area contributed by atoms with E-state index in [1.807, 2.05) is 64.1 Å². The van der Waals surface area contributed by atoms with Gasteiger partial charge in [-0.1, -0.05) is 43.3 Å². The Kier molecular flexibility index (Phi) is 10.5. The molecule has 0 saturated heterocycles. The number of unbranched alkanes of at least 4 members (excludes halogenated alkanes) is 1. The van der Waals surface area contributed by atoms with E-state index in [1.165, 1.54) is 0 Å². The van der Waals surface area contributed by atoms with Gasteiger partial charge in [0.1, 0.15) is 6.04 Å². The summed E-state index contributed by atoms with van der Waals surface area (Å²) < 4.78 is 13.3. The molecule has 0 radical (unpaired) electrons. The van der Waals surface area contributed by atoms with E-state index in [-0.39, 0.29) is 18.4 Å². The van der Waals surface area contributed by atoms with Crippen LogP contribution in [0.25, 0.3) is 0 Å². The van der Waals surface area contributed by atoms with Crippen molar-refractivity contribution < 1.29 is 19.1 Å². The molecule has 0 spiro atoms. The molecule has 2 heterocycles. The SMILES string of the molecule is CCCCSc1nc2n(n1)C(c1ccc(OCC(=O)N(CC)CC)c(OC)c1)C(C(=O)Nc1cccc(C)c1)=C(C)N2. The van der Waals surface area contributed by atoms with Crippen molar-refractivity contribution in [2.45, 2.75) is 58.7 Å². The number of benzene rings is 2. The fourth-order valence-corrected chi connectivity index (χ4v) is 5.72. The van der Waals surface area contributed by atoms with Crippen LogP contribution in [-0.4, -0.2) is 64.0 Å². The van der Waals surface area contributed by atoms with Crippen molar-refractivity contribution in [3.8, 4) is 11.5 Å². The number of hydrogen-bond acceptors (Lipinski definition) is 8. The number of methoxy groups -OCH3 is 1. The molecule has 1 aromatic heterocycles. The van der Waals surface area contributed by atoms with Crippen LogP contribution in [0.5, 0.6) is 11.5 Å². The number of likely N-dealkylation sites (N-methyl/N-ethyl adjacent to an activating group) is 1. The Morgan fingerprint density at radius 3 is 2.57 bits per heavy atom. The van der Waals surface area contributed by atoms with Crippen LogP contribution in [-0.2, 0) is 9.59 Å². The first-order valence-corrected chi connectivity index (χ1v) is 15.3. The Hall–Kier alpha value is -3.99. The first kappa shape index (κ1) is 31.0. The molecule has 0 fully saturated rings. The van der Waals surface area contributed by atoms with E-state index in [9.17, 15) is 9.59 Å². The number of nitrogens with zero attached hydrogens (tertiary/aromatic N) is 4. The number of carbonyl (C=O) groups is 2. The zero-order valence-electron chi connectivity index (χ0n) is 25.2. The maximum atomic E-state index is 13.8. The molecule has 0 bridgehead atoms. The van der Waals surface area contributed by atoms with Gasteiger partial charge >= 0.3 is 0 Å². The van der Waals surface area contributed by atoms with E-state index in [1.54, 1.807) is 34.5 Å². The first-order chi connectivity index (χ1) is 20.3. The average Bonchev–Trinajstić information content (AvgIpc) is 3.38. The molecule has 0 aliphatic carbocycles. The van der Waals surface area contributed by atoms with Gasteiger partial charge in [0.15, 0.2) is 18.1 Å². The van der Waals surface area contributed by atoms with Gasteiger partial charge in [-0.05, 0) is 69.5 Å². The highest BCUT2D eigenvalue weighted by Gasteiger charge is 2.35. The van der Waals surface area contributed by atoms with Crippen molar-refractivity contribution in [3.63, 3.8) is 0 Å². The van der Waals surface area contributed by atoms with Crippen molar-refractivity contribution in [3.05, 3.63) is 64.9 Å². The molecule has 1 unspecified atom stereocenters. The highest BCUT2D eigenvalue weighted by molar-refractivity contribution is 7.99. The number of anilines is 2. The fourth-order valence-electron chi connectivity index (χ4n) is 4.80. The molecule has 11 heteroatoms. The summed E-state index contributed by atoms with van der Waals surface area (Å²) in [6, 6.07) is 12.6. The third-order valence-electron chi connectivity index (χ3n) is 7.05. The zero-order chi connectivity index (χ0) is 30.2. The van der Waals surface area contributed by atoms with Gasteiger partial charge in [-0.2, -0.15) is 4.98 Å². The number of amides is 2. The molecule has 2 N–H and O–H groups in total. The molecule has 224 valence electrons. The van der Waals surface area contributed by atoms with Gasteiger partial charge in [0.25, 0.3) is 11.8 Å². The van der Waals surface area contributed by atoms with Gasteiger partial charge in [0.2, 0.25) is 11.1 Å². The third kappa shape index (κ3) is 7.07. The largest absolute Gasteiger partial charge is 0.493 e. The van der Waals surface area contributed by atoms with Crippen LogP contribution in [0, 0.1) is 6.92 Å². The molecule has 42 heavy (non-hydrogen) atoms. The van der Waals surface area contributed by atoms with E-state index in [2.05, 4.69) is 17.6 Å². The maximum absolute atomic E-state index is 13.8. The standard InChI is InChI=1S/C31H40N6O4S/c1-7-10-16-42-31-34-30-32-21(5)27(29(39)33-23-13-11-12-20(4)17-23)28(37(30)35-31)22-14-15-24(25(18-22)40-6)41-19-26(38)36(8-2)9-3/h11-15,17-18,28H,7-10,16,19H2,1-6H3,(H,33,39)(H,32,34,35). The van der Waals surface area contributed by atoms with Crippen LogP contribution in [0.15, 0.2) is 58.9 Å². The number of carbonyl (C=O) groups excluding carboxylic acids is 2. The lowest BCUT2D eigenvalue weighted by Crippen LogP contribution is -2.34. The Morgan fingerprint density at radius 2 is 1.88 bits per heavy atom. The number of hydrogen-bond donors (Lipinski definition) is 2. The maximum Gasteiger partial charge on any atom is 0.260 e. The van der Waals surface area contributed by atoms with Gasteiger partial charge in [-0.3, -0.25) is 9.59 Å². The number of aromatic nitrogens is 3. The molecule has 1 aliphatic heterocycles. The smallest absolute Gasteiger partial charge is 0.260 e. The van der Waals surface area contributed by atoms with Crippen LogP contribution >= 0.6 is 11.8 Å². The summed E-state index contributed by atoms with van der Waals surface area (Å²) in [4.78, 5) is 32.8. The van der Waals surface area contributed by atoms with Gasteiger partial charge in [0.05, 0.1) is 12.7 Å². The molecule has 4 rings (SSSR count). The van der Waals surface area contributed by atoms with Crippen molar-refractivity contribution in [2.75, 3.05) is 43.2 Å². The van der Waals surface area contributed by atoms with Crippen molar-refractivity contribution in [1.82, 2.24) is 19.7 Å². The minimum Gasteiger partial charge on any atom is -0.493 e. The molecule has 1 atom stereocenters. The van der Waals surface area contributed by atoms with Gasteiger partial charge < -0.3 is 25.0 Å². The van der Waals surface area contributed by atoms with E-state index in [0.717, 1.165) is 29.7 Å². The highest BCUT2D eigenvalue weighted by atomic mass is 32.2. The van der Waals surface area contributed by atoms with Crippen LogP contribution in [0.2, 0.25) is 0 Å². The highest BCUT2D eigenvalue weighted by Crippen LogP contribution is 2.40. The minimum absolute atomic E-state index is 0.0978. The Bertz CT molecular complexity index is 1450. The monoisotopic (exact) mass is 592 g/mol. The van der Waals surface area contributed by atoms with E-state index >= 15 is 0 Å². The number of fused-ring (bicyclic) bond motifs is 1. The van der Waals surface area contributed by atoms with Crippen molar-refractivity contribution in [1.29, 1.82) is 0 Å². The summed E-state index contributed by atoms with van der Waals surface area (Å²) in [5.41, 5.74) is 3.70. The fraction of sp³-hybridized carbons (Fsp3) is 0.419. The topological polar surface area (TPSA) is 111 Å². The first-order valence-electron chi connectivity index (χ1n) is 14.3. The lowest BCUT2D eigenvalue weighted by atomic mass is 9.94. The molecule has 3 aromatic rings. The second-order valence-corrected chi connectivity index (χ2v) is 11.1. The summed E-state index contributed by atoms with van der Waals surface area (Å²) in [7, 11) is 1.55. The lowest BCUT2D eigenvalue weighted by molar-refractivity contribution is -0.133. The van der Waals surface area contributed by atoms with E-state index < -0.39 is 6.04 Å². The van der Waals surface area contributed by atoms with Crippen molar-refractivity contribution >= 4 is 35.2 Å². The van der Waals surface area contributed by atoms with Crippen LogP contribution in [0.3, 0.4) is 0 Å². The Labute approximate surface area is 251 Å². The van der Waals surface area contributed by atoms with Gasteiger partial charge in [-0.15, -0.1) is 5.10 Å². The Balaban J connectivity index is 1.71. The third-order valence-corrected chi connectivity index (χ3v) is 7.98. The predicted octanol–water partition coefficient (Wildman–Crippen LogP) is 5.66. The summed E-state index contributed by atoms with van der Waals surface area (Å²) >= 11 is 1.59. The molecule has 2 amide bonds. The van der Waals surface area contributed by atoms with Gasteiger partial charge in [0, 0.05) is 30.2 Å². The summed E-state index contributed by atoms with van der Waals surface area (Å²) in [5.74, 6) is 2.02. The van der Waals surface area contributed by atoms with Crippen LogP contribution in [0.4, 0.5) is 11.6 Å². The van der Waals surface area contributed by atoms with E-state index in [0.29, 0.717) is 52.7 Å². The lowest BCUT2D eigenvalue weighted by Gasteiger charge is -2.29. The molecular formula is C31H40N6O4S. The number of allylic oxidation sites excluding steroid dienone is 1. The van der Waals surface area contributed by atoms with Crippen molar-refractivity contribution in [2.24, 2.45) is 0 Å². The molecule has 1 aliphatic rings. The molecule has 0 saturated carbocycles. The van der Waals surface area contributed by atoms with E-state index in [4.69, 9.17) is 19.6 Å². The Morgan fingerprint density at radius 1 is 1.10 bits per heavy atom. The van der Waals surface area contributed by atoms with Crippen LogP contribution < -0.4 is 20.1 Å².